The predicted octanol–water partition coefficient (Wildman–Crippen LogP) is 0.237. The summed E-state index contributed by atoms with van der Waals surface area (Å²) in [6, 6.07) is 0.393. The predicted molar refractivity (Wildman–Crippen MR) is 52.7 cm³/mol. The van der Waals surface area contributed by atoms with Gasteiger partial charge in [-0.05, 0) is 12.8 Å². The van der Waals surface area contributed by atoms with Gasteiger partial charge < -0.3 is 10.6 Å². The Balaban J connectivity index is 2.21. The van der Waals surface area contributed by atoms with Crippen molar-refractivity contribution in [1.29, 1.82) is 0 Å². The molecule has 5 nitrogen and oxygen atoms in total. The van der Waals surface area contributed by atoms with Crippen LogP contribution in [0.2, 0.25) is 0 Å². The van der Waals surface area contributed by atoms with Crippen LogP contribution in [-0.2, 0) is 7.05 Å². The number of nitrogens with two attached hydrogens (primary N) is 1. The molecule has 0 aromatic carbocycles. The second kappa shape index (κ2) is 3.01. The summed E-state index contributed by atoms with van der Waals surface area (Å²) in [5.74, 6) is -0.0781. The van der Waals surface area contributed by atoms with Gasteiger partial charge in [0.1, 0.15) is 0 Å². The van der Waals surface area contributed by atoms with Crippen molar-refractivity contribution in [3.63, 3.8) is 0 Å². The van der Waals surface area contributed by atoms with E-state index in [0.29, 0.717) is 17.4 Å². The molecule has 0 aliphatic heterocycles. The first-order valence-electron chi connectivity index (χ1n) is 4.66. The summed E-state index contributed by atoms with van der Waals surface area (Å²) >= 11 is 0. The Bertz CT molecular complexity index is 367. The average Bonchev–Trinajstić information content (AvgIpc) is 2.90. The van der Waals surface area contributed by atoms with E-state index in [2.05, 4.69) is 5.10 Å². The molecule has 2 rings (SSSR count). The van der Waals surface area contributed by atoms with Crippen LogP contribution in [-0.4, -0.2) is 33.7 Å². The second-order valence-corrected chi connectivity index (χ2v) is 3.75. The molecule has 1 aromatic heterocycles. The number of aryl methyl sites for hydroxylation is 1. The number of hydrogen-bond donors (Lipinski definition) is 1. The van der Waals surface area contributed by atoms with Gasteiger partial charge in [0, 0.05) is 26.3 Å². The Morgan fingerprint density at radius 1 is 1.71 bits per heavy atom. The number of amides is 1. The fraction of sp³-hybridized carbons (Fsp3) is 0.556. The molecule has 76 valence electrons. The van der Waals surface area contributed by atoms with Gasteiger partial charge in [-0.25, -0.2) is 0 Å². The molecule has 0 saturated heterocycles. The number of carbonyl (C=O) groups excluding carboxylic acids is 1. The molecule has 14 heavy (non-hydrogen) atoms. The van der Waals surface area contributed by atoms with Crippen molar-refractivity contribution >= 4 is 11.6 Å². The van der Waals surface area contributed by atoms with Gasteiger partial charge >= 0.3 is 0 Å². The van der Waals surface area contributed by atoms with E-state index in [9.17, 15) is 4.79 Å². The summed E-state index contributed by atoms with van der Waals surface area (Å²) < 4.78 is 1.56. The van der Waals surface area contributed by atoms with E-state index in [0.717, 1.165) is 12.8 Å². The summed E-state index contributed by atoms with van der Waals surface area (Å²) in [5, 5.41) is 4.04. The topological polar surface area (TPSA) is 64.2 Å². The minimum absolute atomic E-state index is 0.0781. The lowest BCUT2D eigenvalue weighted by atomic mass is 10.3. The zero-order valence-electron chi connectivity index (χ0n) is 8.40. The van der Waals surface area contributed by atoms with Crippen LogP contribution in [0.5, 0.6) is 0 Å². The molecule has 1 saturated carbocycles. The molecular weight excluding hydrogens is 180 g/mol. The Labute approximate surface area is 82.5 Å². The third-order valence-corrected chi connectivity index (χ3v) is 2.47. The van der Waals surface area contributed by atoms with Crippen LogP contribution in [0, 0.1) is 0 Å². The van der Waals surface area contributed by atoms with Crippen molar-refractivity contribution in [3.05, 3.63) is 11.9 Å². The highest BCUT2D eigenvalue weighted by Gasteiger charge is 2.31. The molecule has 0 atom stereocenters. The Kier molecular flexibility index (Phi) is 1.94. The highest BCUT2D eigenvalue weighted by molar-refractivity contribution is 5.97. The van der Waals surface area contributed by atoms with Crippen LogP contribution in [0.15, 0.2) is 6.20 Å². The molecule has 2 N–H and O–H groups in total. The maximum Gasteiger partial charge on any atom is 0.276 e. The summed E-state index contributed by atoms with van der Waals surface area (Å²) in [6.07, 6.45) is 3.83. The van der Waals surface area contributed by atoms with Crippen LogP contribution >= 0.6 is 0 Å². The second-order valence-electron chi connectivity index (χ2n) is 3.75. The molecule has 0 spiro atoms. The van der Waals surface area contributed by atoms with Gasteiger partial charge in [0.05, 0.1) is 5.69 Å². The first-order chi connectivity index (χ1) is 6.59. The van der Waals surface area contributed by atoms with Crippen LogP contribution in [0.1, 0.15) is 23.3 Å². The normalized spacial score (nSPS) is 15.6. The first-order valence-corrected chi connectivity index (χ1v) is 4.66. The zero-order chi connectivity index (χ0) is 10.3. The molecule has 1 fully saturated rings. The maximum absolute atomic E-state index is 11.8. The number of hydrogen-bond acceptors (Lipinski definition) is 3. The van der Waals surface area contributed by atoms with E-state index < -0.39 is 0 Å². The molecule has 1 aliphatic rings. The zero-order valence-corrected chi connectivity index (χ0v) is 8.40. The van der Waals surface area contributed by atoms with Crippen molar-refractivity contribution in [1.82, 2.24) is 14.7 Å². The number of aromatic nitrogens is 2. The molecule has 1 heterocycles. The maximum atomic E-state index is 11.8. The molecule has 0 unspecified atom stereocenters. The number of rotatable bonds is 2. The summed E-state index contributed by atoms with van der Waals surface area (Å²) in [4.78, 5) is 13.6. The summed E-state index contributed by atoms with van der Waals surface area (Å²) in [7, 11) is 3.55. The van der Waals surface area contributed by atoms with Crippen molar-refractivity contribution in [3.8, 4) is 0 Å². The molecule has 1 aliphatic carbocycles. The number of carbonyl (C=O) groups is 1. The Hall–Kier alpha value is -1.52. The van der Waals surface area contributed by atoms with Crippen LogP contribution < -0.4 is 5.73 Å². The van der Waals surface area contributed by atoms with Crippen LogP contribution in [0.3, 0.4) is 0 Å². The van der Waals surface area contributed by atoms with Gasteiger partial charge in [-0.2, -0.15) is 5.10 Å². The Morgan fingerprint density at radius 2 is 2.36 bits per heavy atom. The fourth-order valence-electron chi connectivity index (χ4n) is 1.47. The van der Waals surface area contributed by atoms with E-state index in [1.165, 1.54) is 0 Å². The number of nitrogens with zero attached hydrogens (tertiary/aromatic N) is 3. The third kappa shape index (κ3) is 1.45. The molecule has 0 bridgehead atoms. The van der Waals surface area contributed by atoms with Gasteiger partial charge in [0.2, 0.25) is 0 Å². The quantitative estimate of drug-likeness (QED) is 0.733. The lowest BCUT2D eigenvalue weighted by Gasteiger charge is -2.14. The fourth-order valence-corrected chi connectivity index (χ4v) is 1.47. The minimum atomic E-state index is -0.0781. The standard InChI is InChI=1S/C9H14N4O/c1-12-5-7(10)8(11-12)9(14)13(2)6-3-4-6/h5-6H,3-4,10H2,1-2H3. The monoisotopic (exact) mass is 194 g/mol. The van der Waals surface area contributed by atoms with Gasteiger partial charge in [-0.3, -0.25) is 9.48 Å². The Morgan fingerprint density at radius 3 is 2.79 bits per heavy atom. The van der Waals surface area contributed by atoms with E-state index in [-0.39, 0.29) is 5.91 Å². The molecular formula is C9H14N4O. The van der Waals surface area contributed by atoms with Crippen molar-refractivity contribution in [2.24, 2.45) is 7.05 Å². The largest absolute Gasteiger partial charge is 0.396 e. The van der Waals surface area contributed by atoms with Crippen LogP contribution in [0.25, 0.3) is 0 Å². The molecule has 1 amide bonds. The number of anilines is 1. The number of nitrogen functional groups attached to an aromatic ring is 1. The van der Waals surface area contributed by atoms with Gasteiger partial charge in [0.15, 0.2) is 5.69 Å². The summed E-state index contributed by atoms with van der Waals surface area (Å²) in [5.41, 5.74) is 6.48. The van der Waals surface area contributed by atoms with E-state index >= 15 is 0 Å². The third-order valence-electron chi connectivity index (χ3n) is 2.47. The van der Waals surface area contributed by atoms with Crippen molar-refractivity contribution in [2.75, 3.05) is 12.8 Å². The SMILES string of the molecule is CN(C(=O)c1nn(C)cc1N)C1CC1. The lowest BCUT2D eigenvalue weighted by Crippen LogP contribution is -2.29. The van der Waals surface area contributed by atoms with Crippen molar-refractivity contribution in [2.45, 2.75) is 18.9 Å². The smallest absolute Gasteiger partial charge is 0.276 e. The average molecular weight is 194 g/mol. The minimum Gasteiger partial charge on any atom is -0.396 e. The van der Waals surface area contributed by atoms with Gasteiger partial charge in [-0.1, -0.05) is 0 Å². The van der Waals surface area contributed by atoms with Gasteiger partial charge in [-0.15, -0.1) is 0 Å². The lowest BCUT2D eigenvalue weighted by molar-refractivity contribution is 0.0779. The first kappa shape index (κ1) is 9.05. The molecule has 0 radical (unpaired) electrons. The molecule has 5 heteroatoms. The molecule has 1 aromatic rings. The highest BCUT2D eigenvalue weighted by Crippen LogP contribution is 2.27. The van der Waals surface area contributed by atoms with E-state index in [1.807, 2.05) is 0 Å². The highest BCUT2D eigenvalue weighted by atomic mass is 16.2. The van der Waals surface area contributed by atoms with Gasteiger partial charge in [0.25, 0.3) is 5.91 Å². The van der Waals surface area contributed by atoms with Crippen LogP contribution in [0.4, 0.5) is 5.69 Å². The van der Waals surface area contributed by atoms with Crippen molar-refractivity contribution < 1.29 is 4.79 Å². The van der Waals surface area contributed by atoms with E-state index in [4.69, 9.17) is 5.73 Å². The van der Waals surface area contributed by atoms with E-state index in [1.54, 1.807) is 29.9 Å². The summed E-state index contributed by atoms with van der Waals surface area (Å²) in [6.45, 7) is 0.